The summed E-state index contributed by atoms with van der Waals surface area (Å²) in [6, 6.07) is 0. The highest BCUT2D eigenvalue weighted by atomic mass is 14.5. The van der Waals surface area contributed by atoms with Crippen molar-refractivity contribution in [1.29, 1.82) is 0 Å². The first-order valence-corrected chi connectivity index (χ1v) is 3.33. The molecule has 0 rings (SSSR count). The molecule has 10 heavy (non-hydrogen) atoms. The summed E-state index contributed by atoms with van der Waals surface area (Å²) in [6.45, 7) is 8.68. The Hall–Kier alpha value is -0.600. The summed E-state index contributed by atoms with van der Waals surface area (Å²) >= 11 is 0. The van der Waals surface area contributed by atoms with Crippen molar-refractivity contribution in [1.82, 2.24) is 0 Å². The third-order valence-corrected chi connectivity index (χ3v) is 0.693. The average molecular weight is 142 g/mol. The SMILES string of the molecule is C=CCN.CC(C)=CCN. The molecule has 0 amide bonds. The van der Waals surface area contributed by atoms with Gasteiger partial charge in [0.05, 0.1) is 0 Å². The molecule has 0 spiro atoms. The highest BCUT2D eigenvalue weighted by molar-refractivity contribution is 4.93. The maximum atomic E-state index is 5.15. The van der Waals surface area contributed by atoms with Gasteiger partial charge in [-0.2, -0.15) is 0 Å². The lowest BCUT2D eigenvalue weighted by Gasteiger charge is -1.80. The zero-order valence-corrected chi connectivity index (χ0v) is 6.93. The van der Waals surface area contributed by atoms with Crippen LogP contribution >= 0.6 is 0 Å². The highest BCUT2D eigenvalue weighted by Crippen LogP contribution is 1.82. The summed E-state index contributed by atoms with van der Waals surface area (Å²) in [5.41, 5.74) is 11.4. The normalized spacial score (nSPS) is 7.20. The lowest BCUT2D eigenvalue weighted by molar-refractivity contribution is 1.21. The molecule has 2 heteroatoms. The Labute approximate surface area is 63.6 Å². The van der Waals surface area contributed by atoms with Crippen LogP contribution in [0.15, 0.2) is 24.3 Å². The maximum Gasteiger partial charge on any atom is 0.0109 e. The Balaban J connectivity index is 0. The van der Waals surface area contributed by atoms with Gasteiger partial charge in [0.15, 0.2) is 0 Å². The molecule has 0 aromatic rings. The maximum absolute atomic E-state index is 5.15. The zero-order valence-electron chi connectivity index (χ0n) is 6.93. The summed E-state index contributed by atoms with van der Waals surface area (Å²) in [4.78, 5) is 0. The number of rotatable bonds is 2. The second-order valence-electron chi connectivity index (χ2n) is 2.04. The minimum atomic E-state index is 0.583. The van der Waals surface area contributed by atoms with Gasteiger partial charge in [-0.3, -0.25) is 0 Å². The number of allylic oxidation sites excluding steroid dienone is 1. The van der Waals surface area contributed by atoms with E-state index in [1.165, 1.54) is 5.57 Å². The van der Waals surface area contributed by atoms with E-state index in [9.17, 15) is 0 Å². The van der Waals surface area contributed by atoms with E-state index in [2.05, 4.69) is 6.58 Å². The third kappa shape index (κ3) is 26.2. The average Bonchev–Trinajstić information content (AvgIpc) is 1.89. The summed E-state index contributed by atoms with van der Waals surface area (Å²) < 4.78 is 0. The van der Waals surface area contributed by atoms with Crippen LogP contribution in [0.2, 0.25) is 0 Å². The van der Waals surface area contributed by atoms with Gasteiger partial charge in [0, 0.05) is 13.1 Å². The van der Waals surface area contributed by atoms with Crippen LogP contribution in [0, 0.1) is 0 Å². The quantitative estimate of drug-likeness (QED) is 0.566. The first-order chi connectivity index (χ1) is 4.68. The van der Waals surface area contributed by atoms with Crippen LogP contribution in [0.5, 0.6) is 0 Å². The van der Waals surface area contributed by atoms with Crippen LogP contribution in [-0.4, -0.2) is 13.1 Å². The molecular weight excluding hydrogens is 124 g/mol. The fourth-order valence-corrected chi connectivity index (χ4v) is 0.236. The molecule has 0 fully saturated rings. The van der Waals surface area contributed by atoms with Crippen molar-refractivity contribution < 1.29 is 0 Å². The van der Waals surface area contributed by atoms with Crippen molar-refractivity contribution in [2.45, 2.75) is 13.8 Å². The van der Waals surface area contributed by atoms with E-state index in [0.29, 0.717) is 13.1 Å². The molecule has 0 aromatic carbocycles. The predicted molar refractivity (Wildman–Crippen MR) is 47.7 cm³/mol. The monoisotopic (exact) mass is 142 g/mol. The van der Waals surface area contributed by atoms with Gasteiger partial charge in [-0.25, -0.2) is 0 Å². The molecule has 0 aliphatic rings. The molecular formula is C8H18N2. The standard InChI is InChI=1S/C5H11N.C3H7N/c1-5(2)3-4-6;1-2-3-4/h3H,4,6H2,1-2H3;2H,1,3-4H2. The van der Waals surface area contributed by atoms with Crippen molar-refractivity contribution in [2.24, 2.45) is 11.5 Å². The van der Waals surface area contributed by atoms with Crippen LogP contribution in [0.4, 0.5) is 0 Å². The Morgan fingerprint density at radius 2 is 1.70 bits per heavy atom. The van der Waals surface area contributed by atoms with E-state index in [-0.39, 0.29) is 0 Å². The van der Waals surface area contributed by atoms with Gasteiger partial charge in [0.1, 0.15) is 0 Å². The summed E-state index contributed by atoms with van der Waals surface area (Å²) in [5.74, 6) is 0. The van der Waals surface area contributed by atoms with Crippen molar-refractivity contribution >= 4 is 0 Å². The van der Waals surface area contributed by atoms with E-state index < -0.39 is 0 Å². The van der Waals surface area contributed by atoms with Crippen LogP contribution in [0.25, 0.3) is 0 Å². The lowest BCUT2D eigenvalue weighted by Crippen LogP contribution is -1.92. The van der Waals surface area contributed by atoms with E-state index >= 15 is 0 Å². The van der Waals surface area contributed by atoms with Crippen molar-refractivity contribution in [2.75, 3.05) is 13.1 Å². The van der Waals surface area contributed by atoms with E-state index in [1.807, 2.05) is 19.9 Å². The molecule has 4 N–H and O–H groups in total. The van der Waals surface area contributed by atoms with Gasteiger partial charge in [0.25, 0.3) is 0 Å². The minimum absolute atomic E-state index is 0.583. The number of hydrogen-bond donors (Lipinski definition) is 2. The largest absolute Gasteiger partial charge is 0.327 e. The second-order valence-corrected chi connectivity index (χ2v) is 2.04. The molecule has 0 radical (unpaired) electrons. The van der Waals surface area contributed by atoms with Crippen molar-refractivity contribution in [3.05, 3.63) is 24.3 Å². The molecule has 0 atom stereocenters. The van der Waals surface area contributed by atoms with Crippen LogP contribution in [-0.2, 0) is 0 Å². The summed E-state index contributed by atoms with van der Waals surface area (Å²) in [5, 5.41) is 0. The third-order valence-electron chi connectivity index (χ3n) is 0.693. The zero-order chi connectivity index (χ0) is 8.41. The number of hydrogen-bond acceptors (Lipinski definition) is 2. The van der Waals surface area contributed by atoms with Gasteiger partial charge in [-0.05, 0) is 13.8 Å². The molecule has 0 aromatic heterocycles. The Bertz CT molecular complexity index is 91.4. The van der Waals surface area contributed by atoms with E-state index in [4.69, 9.17) is 11.5 Å². The highest BCUT2D eigenvalue weighted by Gasteiger charge is 1.67. The van der Waals surface area contributed by atoms with Crippen LogP contribution < -0.4 is 11.5 Å². The summed E-state index contributed by atoms with van der Waals surface area (Å²) in [7, 11) is 0. The van der Waals surface area contributed by atoms with Gasteiger partial charge in [-0.15, -0.1) is 6.58 Å². The molecule has 0 bridgehead atoms. The smallest absolute Gasteiger partial charge is 0.0109 e. The molecule has 0 aliphatic heterocycles. The Morgan fingerprint density at radius 1 is 1.30 bits per heavy atom. The van der Waals surface area contributed by atoms with Gasteiger partial charge in [-0.1, -0.05) is 17.7 Å². The number of nitrogens with two attached hydrogens (primary N) is 2. The molecule has 0 saturated carbocycles. The topological polar surface area (TPSA) is 52.0 Å². The Kier molecular flexibility index (Phi) is 13.6. The fourth-order valence-electron chi connectivity index (χ4n) is 0.236. The fraction of sp³-hybridized carbons (Fsp3) is 0.500. The second kappa shape index (κ2) is 11.2. The molecule has 60 valence electrons. The summed E-state index contributed by atoms with van der Waals surface area (Å²) in [6.07, 6.45) is 3.64. The Morgan fingerprint density at radius 3 is 1.70 bits per heavy atom. The van der Waals surface area contributed by atoms with Crippen LogP contribution in [0.3, 0.4) is 0 Å². The molecule has 0 unspecified atom stereocenters. The van der Waals surface area contributed by atoms with Crippen molar-refractivity contribution in [3.8, 4) is 0 Å². The minimum Gasteiger partial charge on any atom is -0.327 e. The van der Waals surface area contributed by atoms with E-state index in [0.717, 1.165) is 0 Å². The van der Waals surface area contributed by atoms with Crippen LogP contribution in [0.1, 0.15) is 13.8 Å². The predicted octanol–water partition coefficient (Wildman–Crippen LogP) is 1.04. The van der Waals surface area contributed by atoms with Gasteiger partial charge >= 0.3 is 0 Å². The lowest BCUT2D eigenvalue weighted by atomic mass is 10.3. The molecule has 0 saturated heterocycles. The van der Waals surface area contributed by atoms with Crippen molar-refractivity contribution in [3.63, 3.8) is 0 Å². The first kappa shape index (κ1) is 12.1. The van der Waals surface area contributed by atoms with Gasteiger partial charge < -0.3 is 11.5 Å². The molecule has 2 nitrogen and oxygen atoms in total. The molecule has 0 aliphatic carbocycles. The first-order valence-electron chi connectivity index (χ1n) is 3.33. The molecule has 0 heterocycles. The van der Waals surface area contributed by atoms with Gasteiger partial charge in [0.2, 0.25) is 0 Å². The van der Waals surface area contributed by atoms with E-state index in [1.54, 1.807) is 6.08 Å².